The Bertz CT molecular complexity index is 886. The van der Waals surface area contributed by atoms with Crippen LogP contribution in [0.1, 0.15) is 12.6 Å². The van der Waals surface area contributed by atoms with Crippen molar-refractivity contribution in [3.8, 4) is 5.75 Å². The van der Waals surface area contributed by atoms with E-state index in [-0.39, 0.29) is 0 Å². The average Bonchev–Trinajstić information content (AvgIpc) is 2.63. The molecule has 0 saturated carbocycles. The zero-order valence-corrected chi connectivity index (χ0v) is 15.8. The van der Waals surface area contributed by atoms with E-state index in [1.807, 2.05) is 55.5 Å². The lowest BCUT2D eigenvalue weighted by Gasteiger charge is -2.22. The number of nitrogens with zero attached hydrogens (tertiary/aromatic N) is 3. The van der Waals surface area contributed by atoms with Crippen LogP contribution in [0.4, 0.5) is 23.1 Å². The second-order valence-corrected chi connectivity index (χ2v) is 6.18. The van der Waals surface area contributed by atoms with E-state index in [2.05, 4.69) is 27.1 Å². The first kappa shape index (κ1) is 18.0. The summed E-state index contributed by atoms with van der Waals surface area (Å²) in [5, 5.41) is 3.91. The third-order valence-electron chi connectivity index (χ3n) is 3.89. The second kappa shape index (κ2) is 8.06. The zero-order chi connectivity index (χ0) is 18.5. The molecule has 134 valence electrons. The van der Waals surface area contributed by atoms with Gasteiger partial charge in [0.15, 0.2) is 0 Å². The van der Waals surface area contributed by atoms with Gasteiger partial charge in [0.2, 0.25) is 5.95 Å². The Hall–Kier alpha value is -2.79. The van der Waals surface area contributed by atoms with Gasteiger partial charge in [-0.15, -0.1) is 0 Å². The number of halogens is 1. The van der Waals surface area contributed by atoms with Gasteiger partial charge in [-0.1, -0.05) is 29.8 Å². The predicted octanol–water partition coefficient (Wildman–Crippen LogP) is 5.35. The maximum atomic E-state index is 6.12. The summed E-state index contributed by atoms with van der Waals surface area (Å²) in [6, 6.07) is 17.4. The van der Waals surface area contributed by atoms with Crippen LogP contribution in [-0.4, -0.2) is 23.6 Å². The molecule has 3 aromatic rings. The van der Waals surface area contributed by atoms with Gasteiger partial charge in [-0.2, -0.15) is 4.98 Å². The van der Waals surface area contributed by atoms with Gasteiger partial charge >= 0.3 is 0 Å². The minimum atomic E-state index is 0.624. The maximum absolute atomic E-state index is 6.12. The quantitative estimate of drug-likeness (QED) is 0.635. The molecule has 0 fully saturated rings. The summed E-state index contributed by atoms with van der Waals surface area (Å²) in [6.07, 6.45) is 0. The molecule has 1 heterocycles. The second-order valence-electron chi connectivity index (χ2n) is 5.74. The normalized spacial score (nSPS) is 10.5. The third kappa shape index (κ3) is 4.06. The highest BCUT2D eigenvalue weighted by atomic mass is 35.5. The average molecular weight is 369 g/mol. The molecule has 5 nitrogen and oxygen atoms in total. The number of anilines is 4. The van der Waals surface area contributed by atoms with Gasteiger partial charge < -0.3 is 15.0 Å². The highest BCUT2D eigenvalue weighted by Gasteiger charge is 2.13. The molecule has 0 spiro atoms. The Morgan fingerprint density at radius 3 is 2.54 bits per heavy atom. The fraction of sp³-hybridized carbons (Fsp3) is 0.200. The molecule has 26 heavy (non-hydrogen) atoms. The Morgan fingerprint density at radius 2 is 1.85 bits per heavy atom. The largest absolute Gasteiger partial charge is 0.495 e. The van der Waals surface area contributed by atoms with Crippen molar-refractivity contribution in [3.63, 3.8) is 0 Å². The molecule has 3 rings (SSSR count). The number of nitrogens with one attached hydrogen (secondary N) is 1. The molecule has 0 unspecified atom stereocenters. The molecular formula is C20H21ClN4O. The summed E-state index contributed by atoms with van der Waals surface area (Å²) in [4.78, 5) is 11.4. The third-order valence-corrected chi connectivity index (χ3v) is 4.13. The van der Waals surface area contributed by atoms with Gasteiger partial charge in [0, 0.05) is 29.0 Å². The smallest absolute Gasteiger partial charge is 0.232 e. The van der Waals surface area contributed by atoms with Crippen LogP contribution in [0.15, 0.2) is 54.6 Å². The molecular weight excluding hydrogens is 348 g/mol. The number of aryl methyl sites for hydroxylation is 1. The minimum Gasteiger partial charge on any atom is -0.495 e. The maximum Gasteiger partial charge on any atom is 0.232 e. The molecule has 0 saturated heterocycles. The molecule has 6 heteroatoms. The summed E-state index contributed by atoms with van der Waals surface area (Å²) < 4.78 is 5.40. The van der Waals surface area contributed by atoms with E-state index >= 15 is 0 Å². The highest BCUT2D eigenvalue weighted by molar-refractivity contribution is 6.31. The van der Waals surface area contributed by atoms with E-state index < -0.39 is 0 Å². The molecule has 0 atom stereocenters. The number of ether oxygens (including phenoxy) is 1. The molecule has 0 aliphatic heterocycles. The molecule has 0 aliphatic carbocycles. The van der Waals surface area contributed by atoms with Crippen molar-refractivity contribution in [2.45, 2.75) is 13.8 Å². The van der Waals surface area contributed by atoms with Crippen molar-refractivity contribution in [1.29, 1.82) is 0 Å². The van der Waals surface area contributed by atoms with Crippen molar-refractivity contribution < 1.29 is 4.74 Å². The van der Waals surface area contributed by atoms with E-state index in [0.29, 0.717) is 22.5 Å². The predicted molar refractivity (Wildman–Crippen MR) is 107 cm³/mol. The number of rotatable bonds is 6. The van der Waals surface area contributed by atoms with Crippen LogP contribution in [-0.2, 0) is 0 Å². The first-order valence-electron chi connectivity index (χ1n) is 8.39. The van der Waals surface area contributed by atoms with Crippen molar-refractivity contribution in [2.24, 2.45) is 0 Å². The summed E-state index contributed by atoms with van der Waals surface area (Å²) in [6.45, 7) is 4.78. The first-order chi connectivity index (χ1) is 12.6. The van der Waals surface area contributed by atoms with E-state index in [9.17, 15) is 0 Å². The summed E-state index contributed by atoms with van der Waals surface area (Å²) in [5.41, 5.74) is 2.67. The van der Waals surface area contributed by atoms with Crippen molar-refractivity contribution in [2.75, 3.05) is 23.9 Å². The number of benzene rings is 2. The van der Waals surface area contributed by atoms with Crippen molar-refractivity contribution in [1.82, 2.24) is 9.97 Å². The van der Waals surface area contributed by atoms with Crippen LogP contribution in [0.2, 0.25) is 5.02 Å². The Kier molecular flexibility index (Phi) is 5.58. The van der Waals surface area contributed by atoms with Gasteiger partial charge in [0.1, 0.15) is 11.6 Å². The lowest BCUT2D eigenvalue weighted by atomic mass is 10.3. The van der Waals surface area contributed by atoms with E-state index in [4.69, 9.17) is 16.3 Å². The Morgan fingerprint density at radius 1 is 1.08 bits per heavy atom. The monoisotopic (exact) mass is 368 g/mol. The van der Waals surface area contributed by atoms with Crippen LogP contribution in [0.3, 0.4) is 0 Å². The van der Waals surface area contributed by atoms with Crippen molar-refractivity contribution in [3.05, 3.63) is 65.3 Å². The van der Waals surface area contributed by atoms with E-state index in [1.165, 1.54) is 0 Å². The summed E-state index contributed by atoms with van der Waals surface area (Å²) >= 11 is 6.12. The van der Waals surface area contributed by atoms with Gasteiger partial charge in [-0.25, -0.2) is 4.98 Å². The zero-order valence-electron chi connectivity index (χ0n) is 15.0. The molecule has 0 radical (unpaired) electrons. The standard InChI is InChI=1S/C20H21ClN4O/c1-4-25(16-8-6-5-7-9-16)20-22-14(2)12-19(24-20)23-17-13-15(21)10-11-18(17)26-3/h5-13H,4H2,1-3H3,(H,22,23,24). The topological polar surface area (TPSA) is 50.3 Å². The van der Waals surface area contributed by atoms with Crippen molar-refractivity contribution >= 4 is 34.7 Å². The Labute approximate surface area is 158 Å². The number of para-hydroxylation sites is 1. The summed E-state index contributed by atoms with van der Waals surface area (Å²) in [5.74, 6) is 2.02. The van der Waals surface area contributed by atoms with E-state index in [1.54, 1.807) is 13.2 Å². The van der Waals surface area contributed by atoms with Crippen LogP contribution in [0.25, 0.3) is 0 Å². The lowest BCUT2D eigenvalue weighted by molar-refractivity contribution is 0.417. The molecule has 0 amide bonds. The number of hydrogen-bond acceptors (Lipinski definition) is 5. The van der Waals surface area contributed by atoms with Gasteiger partial charge in [-0.05, 0) is 44.2 Å². The van der Waals surface area contributed by atoms with Crippen LogP contribution in [0, 0.1) is 6.92 Å². The van der Waals surface area contributed by atoms with Gasteiger partial charge in [0.05, 0.1) is 12.8 Å². The highest BCUT2D eigenvalue weighted by Crippen LogP contribution is 2.31. The molecule has 0 aliphatic rings. The number of methoxy groups -OCH3 is 1. The molecule has 0 bridgehead atoms. The van der Waals surface area contributed by atoms with Crippen LogP contribution >= 0.6 is 11.6 Å². The lowest BCUT2D eigenvalue weighted by Crippen LogP contribution is -2.19. The Balaban J connectivity index is 1.97. The molecule has 1 aromatic heterocycles. The van der Waals surface area contributed by atoms with E-state index in [0.717, 1.165) is 23.6 Å². The molecule has 2 aromatic carbocycles. The first-order valence-corrected chi connectivity index (χ1v) is 8.77. The SMILES string of the molecule is CCN(c1ccccc1)c1nc(C)cc(Nc2cc(Cl)ccc2OC)n1. The summed E-state index contributed by atoms with van der Waals surface area (Å²) in [7, 11) is 1.62. The van der Waals surface area contributed by atoms with Crippen LogP contribution < -0.4 is 15.0 Å². The number of hydrogen-bond donors (Lipinski definition) is 1. The van der Waals surface area contributed by atoms with Gasteiger partial charge in [-0.3, -0.25) is 0 Å². The fourth-order valence-electron chi connectivity index (χ4n) is 2.70. The molecule has 1 N–H and O–H groups in total. The van der Waals surface area contributed by atoms with Crippen LogP contribution in [0.5, 0.6) is 5.75 Å². The fourth-order valence-corrected chi connectivity index (χ4v) is 2.87. The van der Waals surface area contributed by atoms with Gasteiger partial charge in [0.25, 0.3) is 0 Å². The number of aromatic nitrogens is 2. The minimum absolute atomic E-state index is 0.624.